The number of amides is 1. The Labute approximate surface area is 124 Å². The van der Waals surface area contributed by atoms with Gasteiger partial charge in [0, 0.05) is 12.2 Å². The highest BCUT2D eigenvalue weighted by Crippen LogP contribution is 2.09. The van der Waals surface area contributed by atoms with Crippen molar-refractivity contribution in [1.29, 1.82) is 5.26 Å². The number of esters is 1. The number of ether oxygens (including phenoxy) is 1. The van der Waals surface area contributed by atoms with Crippen LogP contribution in [-0.4, -0.2) is 43.5 Å². The van der Waals surface area contributed by atoms with Crippen LogP contribution in [0.4, 0.5) is 5.69 Å². The molecular weight excluding hydrogens is 270 g/mol. The molecule has 1 aromatic carbocycles. The second kappa shape index (κ2) is 8.72. The van der Waals surface area contributed by atoms with Crippen LogP contribution >= 0.6 is 0 Å². The quantitative estimate of drug-likeness (QED) is 0.767. The molecule has 0 fully saturated rings. The topological polar surface area (TPSA) is 82.4 Å². The molecule has 112 valence electrons. The van der Waals surface area contributed by atoms with Crippen LogP contribution in [0.25, 0.3) is 0 Å². The van der Waals surface area contributed by atoms with Crippen LogP contribution in [0, 0.1) is 11.3 Å². The van der Waals surface area contributed by atoms with Crippen molar-refractivity contribution in [1.82, 2.24) is 4.90 Å². The summed E-state index contributed by atoms with van der Waals surface area (Å²) in [4.78, 5) is 24.9. The largest absolute Gasteiger partial charge is 0.469 e. The first-order chi connectivity index (χ1) is 10.1. The maximum Gasteiger partial charge on any atom is 0.306 e. The molecule has 1 rings (SSSR count). The molecule has 21 heavy (non-hydrogen) atoms. The molecule has 0 saturated carbocycles. The van der Waals surface area contributed by atoms with Crippen molar-refractivity contribution >= 4 is 17.6 Å². The van der Waals surface area contributed by atoms with Gasteiger partial charge in [-0.15, -0.1) is 0 Å². The van der Waals surface area contributed by atoms with Crippen molar-refractivity contribution in [2.75, 3.05) is 32.1 Å². The second-order valence-corrected chi connectivity index (χ2v) is 4.44. The molecule has 0 heterocycles. The van der Waals surface area contributed by atoms with Gasteiger partial charge in [-0.05, 0) is 24.7 Å². The first-order valence-corrected chi connectivity index (χ1v) is 6.68. The number of rotatable bonds is 7. The molecule has 6 nitrogen and oxygen atoms in total. The fraction of sp³-hybridized carbons (Fsp3) is 0.400. The van der Waals surface area contributed by atoms with Gasteiger partial charge in [0.1, 0.15) is 0 Å². The van der Waals surface area contributed by atoms with E-state index in [9.17, 15) is 9.59 Å². The van der Waals surface area contributed by atoms with Crippen LogP contribution in [0.15, 0.2) is 24.3 Å². The summed E-state index contributed by atoms with van der Waals surface area (Å²) in [5, 5.41) is 11.5. The predicted octanol–water partition coefficient (Wildman–Crippen LogP) is 1.38. The predicted molar refractivity (Wildman–Crippen MR) is 78.5 cm³/mol. The van der Waals surface area contributed by atoms with Crippen LogP contribution in [-0.2, 0) is 14.3 Å². The van der Waals surface area contributed by atoms with E-state index in [4.69, 9.17) is 5.26 Å². The van der Waals surface area contributed by atoms with Crippen molar-refractivity contribution < 1.29 is 14.3 Å². The molecule has 0 aliphatic heterocycles. The lowest BCUT2D eigenvalue weighted by Gasteiger charge is -2.19. The van der Waals surface area contributed by atoms with Gasteiger partial charge < -0.3 is 10.1 Å². The lowest BCUT2D eigenvalue weighted by molar-refractivity contribution is -0.141. The number of benzene rings is 1. The van der Waals surface area contributed by atoms with E-state index in [-0.39, 0.29) is 24.8 Å². The van der Waals surface area contributed by atoms with E-state index >= 15 is 0 Å². The Bertz CT molecular complexity index is 537. The number of nitriles is 1. The Hall–Kier alpha value is -2.39. The van der Waals surface area contributed by atoms with Gasteiger partial charge >= 0.3 is 5.97 Å². The Morgan fingerprint density at radius 1 is 1.43 bits per heavy atom. The summed E-state index contributed by atoms with van der Waals surface area (Å²) in [5.74, 6) is -0.479. The summed E-state index contributed by atoms with van der Waals surface area (Å²) >= 11 is 0. The van der Waals surface area contributed by atoms with Gasteiger partial charge in [0.15, 0.2) is 0 Å². The van der Waals surface area contributed by atoms with Gasteiger partial charge in [0.05, 0.1) is 31.7 Å². The van der Waals surface area contributed by atoms with E-state index in [1.165, 1.54) is 7.11 Å². The van der Waals surface area contributed by atoms with E-state index in [1.807, 2.05) is 17.9 Å². The van der Waals surface area contributed by atoms with Gasteiger partial charge in [-0.2, -0.15) is 5.26 Å². The van der Waals surface area contributed by atoms with E-state index < -0.39 is 0 Å². The number of anilines is 1. The molecule has 1 N–H and O–H groups in total. The molecule has 0 unspecified atom stereocenters. The summed E-state index contributed by atoms with van der Waals surface area (Å²) < 4.78 is 4.57. The Kier molecular flexibility index (Phi) is 6.92. The van der Waals surface area contributed by atoms with Crippen LogP contribution in [0.3, 0.4) is 0 Å². The number of nitrogens with one attached hydrogen (secondary N) is 1. The van der Waals surface area contributed by atoms with Crippen LogP contribution in [0.2, 0.25) is 0 Å². The van der Waals surface area contributed by atoms with Gasteiger partial charge in [-0.1, -0.05) is 13.0 Å². The van der Waals surface area contributed by atoms with E-state index in [1.54, 1.807) is 24.3 Å². The highest BCUT2D eigenvalue weighted by molar-refractivity contribution is 5.92. The van der Waals surface area contributed by atoms with Crippen molar-refractivity contribution in [3.05, 3.63) is 29.8 Å². The fourth-order valence-corrected chi connectivity index (χ4v) is 1.77. The van der Waals surface area contributed by atoms with E-state index in [0.717, 1.165) is 0 Å². The zero-order valence-corrected chi connectivity index (χ0v) is 12.3. The summed E-state index contributed by atoms with van der Waals surface area (Å²) in [6.07, 6.45) is 0.252. The summed E-state index contributed by atoms with van der Waals surface area (Å²) in [7, 11) is 1.34. The normalized spacial score (nSPS) is 10.0. The standard InChI is InChI=1S/C15H19N3O3/c1-3-18(8-7-15(20)21-2)11-14(19)17-13-6-4-5-12(9-13)10-16/h4-6,9H,3,7-8,11H2,1-2H3,(H,17,19). The number of carbonyl (C=O) groups excluding carboxylic acids is 2. The summed E-state index contributed by atoms with van der Waals surface area (Å²) in [6.45, 7) is 3.22. The van der Waals surface area contributed by atoms with Gasteiger partial charge in [-0.3, -0.25) is 14.5 Å². The number of carbonyl (C=O) groups is 2. The summed E-state index contributed by atoms with van der Waals surface area (Å²) in [6, 6.07) is 8.74. The highest BCUT2D eigenvalue weighted by atomic mass is 16.5. The third-order valence-electron chi connectivity index (χ3n) is 2.95. The number of hydrogen-bond acceptors (Lipinski definition) is 5. The average Bonchev–Trinajstić information content (AvgIpc) is 2.51. The Morgan fingerprint density at radius 2 is 2.19 bits per heavy atom. The molecule has 0 radical (unpaired) electrons. The molecule has 0 atom stereocenters. The van der Waals surface area contributed by atoms with Gasteiger partial charge in [-0.25, -0.2) is 0 Å². The van der Waals surface area contributed by atoms with Crippen molar-refractivity contribution in [3.8, 4) is 6.07 Å². The molecule has 6 heteroatoms. The number of hydrogen-bond donors (Lipinski definition) is 1. The minimum atomic E-state index is -0.296. The average molecular weight is 289 g/mol. The molecule has 1 aromatic rings. The monoisotopic (exact) mass is 289 g/mol. The van der Waals surface area contributed by atoms with Crippen LogP contribution in [0.5, 0.6) is 0 Å². The van der Waals surface area contributed by atoms with Gasteiger partial charge in [0.25, 0.3) is 0 Å². The van der Waals surface area contributed by atoms with Crippen molar-refractivity contribution in [3.63, 3.8) is 0 Å². The molecule has 0 aliphatic rings. The minimum absolute atomic E-state index is 0.184. The molecule has 0 bridgehead atoms. The van der Waals surface area contributed by atoms with Crippen molar-refractivity contribution in [2.24, 2.45) is 0 Å². The smallest absolute Gasteiger partial charge is 0.306 e. The lowest BCUT2D eigenvalue weighted by Crippen LogP contribution is -2.34. The molecule has 0 saturated heterocycles. The minimum Gasteiger partial charge on any atom is -0.469 e. The number of nitrogens with zero attached hydrogens (tertiary/aromatic N) is 2. The zero-order chi connectivity index (χ0) is 15.7. The SMILES string of the molecule is CCN(CCC(=O)OC)CC(=O)Nc1cccc(C#N)c1. The molecule has 1 amide bonds. The molecule has 0 aliphatic carbocycles. The van der Waals surface area contributed by atoms with E-state index in [0.29, 0.717) is 24.3 Å². The first-order valence-electron chi connectivity index (χ1n) is 6.68. The lowest BCUT2D eigenvalue weighted by atomic mass is 10.2. The highest BCUT2D eigenvalue weighted by Gasteiger charge is 2.11. The third kappa shape index (κ3) is 6.06. The maximum atomic E-state index is 11.9. The molecular formula is C15H19N3O3. The van der Waals surface area contributed by atoms with Crippen molar-refractivity contribution in [2.45, 2.75) is 13.3 Å². The first kappa shape index (κ1) is 16.7. The third-order valence-corrected chi connectivity index (χ3v) is 2.95. The summed E-state index contributed by atoms with van der Waals surface area (Å²) in [5.41, 5.74) is 1.08. The Morgan fingerprint density at radius 3 is 2.81 bits per heavy atom. The molecule has 0 aromatic heterocycles. The maximum absolute atomic E-state index is 11.9. The van der Waals surface area contributed by atoms with Crippen LogP contribution < -0.4 is 5.32 Å². The van der Waals surface area contributed by atoms with Gasteiger partial charge in [0.2, 0.25) is 5.91 Å². The number of methoxy groups -OCH3 is 1. The number of likely N-dealkylation sites (N-methyl/N-ethyl adjacent to an activating group) is 1. The fourth-order valence-electron chi connectivity index (χ4n) is 1.77. The second-order valence-electron chi connectivity index (χ2n) is 4.44. The van der Waals surface area contributed by atoms with Crippen LogP contribution in [0.1, 0.15) is 18.9 Å². The molecule has 0 spiro atoms. The zero-order valence-electron chi connectivity index (χ0n) is 12.3. The Balaban J connectivity index is 2.50. The van der Waals surface area contributed by atoms with E-state index in [2.05, 4.69) is 10.1 Å².